The van der Waals surface area contributed by atoms with Gasteiger partial charge in [0.05, 0.1) is 18.3 Å². The van der Waals surface area contributed by atoms with E-state index in [4.69, 9.17) is 14.6 Å². The number of carbonyl (C=O) groups is 1. The van der Waals surface area contributed by atoms with Crippen LogP contribution in [0.3, 0.4) is 0 Å². The summed E-state index contributed by atoms with van der Waals surface area (Å²) in [7, 11) is 0. The van der Waals surface area contributed by atoms with Crippen LogP contribution in [0.1, 0.15) is 41.6 Å². The monoisotopic (exact) mass is 448 g/mol. The Bertz CT molecular complexity index is 1080. The Hall–Kier alpha value is -2.90. The normalized spacial score (nSPS) is 20.9. The van der Waals surface area contributed by atoms with E-state index < -0.39 is 0 Å². The van der Waals surface area contributed by atoms with Crippen LogP contribution >= 0.6 is 0 Å². The summed E-state index contributed by atoms with van der Waals surface area (Å²) in [4.78, 5) is 18.2. The van der Waals surface area contributed by atoms with Gasteiger partial charge >= 0.3 is 0 Å². The Labute approximate surface area is 195 Å². The predicted octanol–water partition coefficient (Wildman–Crippen LogP) is 3.35. The number of ether oxygens (including phenoxy) is 2. The van der Waals surface area contributed by atoms with E-state index in [2.05, 4.69) is 48.8 Å². The van der Waals surface area contributed by atoms with Gasteiger partial charge in [-0.3, -0.25) is 9.69 Å². The minimum absolute atomic E-state index is 0.0444. The summed E-state index contributed by atoms with van der Waals surface area (Å²) in [6.45, 7) is 11.9. The first-order valence-corrected chi connectivity index (χ1v) is 11.8. The van der Waals surface area contributed by atoms with Gasteiger partial charge in [0.1, 0.15) is 0 Å². The molecule has 7 heteroatoms. The fraction of sp³-hybridized carbons (Fsp3) is 0.462. The van der Waals surface area contributed by atoms with E-state index >= 15 is 0 Å². The number of aryl methyl sites for hydroxylation is 2. The second-order valence-electron chi connectivity index (χ2n) is 9.15. The smallest absolute Gasteiger partial charge is 0.257 e. The number of carbonyl (C=O) groups excluding carboxylic acids is 1. The maximum absolute atomic E-state index is 13.5. The number of rotatable bonds is 5. The Morgan fingerprint density at radius 3 is 2.55 bits per heavy atom. The van der Waals surface area contributed by atoms with Crippen molar-refractivity contribution in [1.82, 2.24) is 14.8 Å². The standard InChI is InChI=1S/C26H32N4O3/c1-4-28-9-11-29(12-10-28)16-26(31)30-23(20-7-8-24-25(14-20)33-17-32-24)15-22(27-30)21-13-18(2)5-6-19(21)3/h5-8,13-14,23H,4,9-12,15-17H2,1-3H3/t23-/m1/s1. The van der Waals surface area contributed by atoms with Crippen LogP contribution in [0.2, 0.25) is 0 Å². The van der Waals surface area contributed by atoms with Crippen molar-refractivity contribution in [3.63, 3.8) is 0 Å². The van der Waals surface area contributed by atoms with E-state index in [0.717, 1.165) is 61.1 Å². The Balaban J connectivity index is 1.42. The van der Waals surface area contributed by atoms with Crippen molar-refractivity contribution in [3.8, 4) is 11.5 Å². The van der Waals surface area contributed by atoms with Crippen molar-refractivity contribution in [1.29, 1.82) is 0 Å². The zero-order valence-corrected chi connectivity index (χ0v) is 19.7. The average Bonchev–Trinajstić information content (AvgIpc) is 3.48. The average molecular weight is 449 g/mol. The van der Waals surface area contributed by atoms with Crippen molar-refractivity contribution in [2.45, 2.75) is 33.2 Å². The highest BCUT2D eigenvalue weighted by Gasteiger charge is 2.35. The molecule has 1 saturated heterocycles. The summed E-state index contributed by atoms with van der Waals surface area (Å²) in [5, 5.41) is 6.61. The first-order valence-electron chi connectivity index (χ1n) is 11.8. The molecule has 5 rings (SSSR count). The van der Waals surface area contributed by atoms with Crippen LogP contribution < -0.4 is 9.47 Å². The van der Waals surface area contributed by atoms with Gasteiger partial charge in [0.2, 0.25) is 6.79 Å². The Morgan fingerprint density at radius 2 is 1.76 bits per heavy atom. The summed E-state index contributed by atoms with van der Waals surface area (Å²) in [6, 6.07) is 12.2. The summed E-state index contributed by atoms with van der Waals surface area (Å²) in [5.41, 5.74) is 5.47. The van der Waals surface area contributed by atoms with Gasteiger partial charge in [-0.15, -0.1) is 0 Å². The Morgan fingerprint density at radius 1 is 1.00 bits per heavy atom. The number of likely N-dealkylation sites (N-methyl/N-ethyl adjacent to an activating group) is 1. The van der Waals surface area contributed by atoms with E-state index in [1.54, 1.807) is 5.01 Å². The minimum Gasteiger partial charge on any atom is -0.454 e. The van der Waals surface area contributed by atoms with Gasteiger partial charge in [-0.1, -0.05) is 30.7 Å². The van der Waals surface area contributed by atoms with Crippen LogP contribution in [0.15, 0.2) is 41.5 Å². The Kier molecular flexibility index (Phi) is 6.08. The number of hydrogen-bond donors (Lipinski definition) is 0. The lowest BCUT2D eigenvalue weighted by atomic mass is 9.95. The van der Waals surface area contributed by atoms with E-state index in [-0.39, 0.29) is 18.7 Å². The van der Waals surface area contributed by atoms with Crippen molar-refractivity contribution in [3.05, 3.63) is 58.7 Å². The zero-order chi connectivity index (χ0) is 22.9. The molecule has 0 unspecified atom stereocenters. The van der Waals surface area contributed by atoms with Gasteiger partial charge in [-0.2, -0.15) is 5.10 Å². The largest absolute Gasteiger partial charge is 0.454 e. The van der Waals surface area contributed by atoms with Gasteiger partial charge in [0.25, 0.3) is 5.91 Å². The van der Waals surface area contributed by atoms with E-state index in [0.29, 0.717) is 13.0 Å². The van der Waals surface area contributed by atoms with Crippen LogP contribution in [0.25, 0.3) is 0 Å². The lowest BCUT2D eigenvalue weighted by molar-refractivity contribution is -0.134. The first-order chi connectivity index (χ1) is 16.0. The molecule has 1 fully saturated rings. The molecule has 2 aromatic rings. The third-order valence-corrected chi connectivity index (χ3v) is 6.92. The zero-order valence-electron chi connectivity index (χ0n) is 19.7. The van der Waals surface area contributed by atoms with E-state index in [1.165, 1.54) is 11.1 Å². The van der Waals surface area contributed by atoms with Gasteiger partial charge in [-0.05, 0) is 49.7 Å². The maximum Gasteiger partial charge on any atom is 0.257 e. The molecule has 3 aliphatic heterocycles. The van der Waals surface area contributed by atoms with Gasteiger partial charge in [0, 0.05) is 38.2 Å². The molecule has 0 bridgehead atoms. The number of amides is 1. The topological polar surface area (TPSA) is 57.6 Å². The first kappa shape index (κ1) is 21.9. The van der Waals surface area contributed by atoms with Gasteiger partial charge in [0.15, 0.2) is 11.5 Å². The maximum atomic E-state index is 13.5. The highest BCUT2D eigenvalue weighted by molar-refractivity contribution is 6.04. The molecule has 2 aromatic carbocycles. The molecule has 3 aliphatic rings. The molecule has 0 radical (unpaired) electrons. The van der Waals surface area contributed by atoms with Gasteiger partial charge in [-0.25, -0.2) is 5.01 Å². The lowest BCUT2D eigenvalue weighted by Gasteiger charge is -2.34. The molecular formula is C26H32N4O3. The molecule has 7 nitrogen and oxygen atoms in total. The highest BCUT2D eigenvalue weighted by Crippen LogP contribution is 2.39. The highest BCUT2D eigenvalue weighted by atomic mass is 16.7. The molecule has 1 amide bonds. The number of benzene rings is 2. The molecule has 0 N–H and O–H groups in total. The third-order valence-electron chi connectivity index (χ3n) is 6.92. The van der Waals surface area contributed by atoms with Crippen LogP contribution in [0.4, 0.5) is 0 Å². The molecule has 0 spiro atoms. The second-order valence-corrected chi connectivity index (χ2v) is 9.15. The number of hydrazone groups is 1. The molecule has 0 saturated carbocycles. The quantitative estimate of drug-likeness (QED) is 0.702. The SMILES string of the molecule is CCN1CCN(CC(=O)N2N=C(c3cc(C)ccc3C)C[C@@H]2c2ccc3c(c2)OCO3)CC1. The van der Waals surface area contributed by atoms with E-state index in [1.807, 2.05) is 18.2 Å². The lowest BCUT2D eigenvalue weighted by Crippen LogP contribution is -2.49. The van der Waals surface area contributed by atoms with Crippen molar-refractivity contribution < 1.29 is 14.3 Å². The summed E-state index contributed by atoms with van der Waals surface area (Å²) < 4.78 is 11.1. The van der Waals surface area contributed by atoms with Gasteiger partial charge < -0.3 is 14.4 Å². The van der Waals surface area contributed by atoms with Crippen molar-refractivity contribution in [2.24, 2.45) is 5.10 Å². The summed E-state index contributed by atoms with van der Waals surface area (Å²) >= 11 is 0. The number of nitrogens with zero attached hydrogens (tertiary/aromatic N) is 4. The molecule has 0 aliphatic carbocycles. The summed E-state index contributed by atoms with van der Waals surface area (Å²) in [6.07, 6.45) is 0.680. The molecule has 174 valence electrons. The van der Waals surface area contributed by atoms with Crippen LogP contribution in [-0.2, 0) is 4.79 Å². The van der Waals surface area contributed by atoms with Crippen LogP contribution in [-0.4, -0.2) is 72.5 Å². The molecule has 0 aromatic heterocycles. The van der Waals surface area contributed by atoms with Crippen molar-refractivity contribution >= 4 is 11.6 Å². The third kappa shape index (κ3) is 4.48. The van der Waals surface area contributed by atoms with Crippen molar-refractivity contribution in [2.75, 3.05) is 46.1 Å². The second kappa shape index (κ2) is 9.15. The van der Waals surface area contributed by atoms with Crippen LogP contribution in [0.5, 0.6) is 11.5 Å². The number of piperazine rings is 1. The predicted molar refractivity (Wildman–Crippen MR) is 128 cm³/mol. The fourth-order valence-electron chi connectivity index (χ4n) is 4.86. The molecule has 3 heterocycles. The summed E-state index contributed by atoms with van der Waals surface area (Å²) in [5.74, 6) is 1.53. The number of fused-ring (bicyclic) bond motifs is 1. The number of hydrogen-bond acceptors (Lipinski definition) is 6. The fourth-order valence-corrected chi connectivity index (χ4v) is 4.86. The molecule has 1 atom stereocenters. The molecule has 33 heavy (non-hydrogen) atoms. The van der Waals surface area contributed by atoms with Crippen LogP contribution in [0, 0.1) is 13.8 Å². The molecular weight excluding hydrogens is 416 g/mol. The minimum atomic E-state index is -0.154. The van der Waals surface area contributed by atoms with E-state index in [9.17, 15) is 4.79 Å².